The Labute approximate surface area is 78.8 Å². The van der Waals surface area contributed by atoms with E-state index in [4.69, 9.17) is 6.65 Å². The summed E-state index contributed by atoms with van der Waals surface area (Å²) in [6.45, 7) is 0. The molecule has 0 aliphatic rings. The molecule has 0 bridgehead atoms. The number of hydrogen-bond donors (Lipinski definition) is 0. The summed E-state index contributed by atoms with van der Waals surface area (Å²) in [5, 5.41) is 0. The van der Waals surface area contributed by atoms with E-state index in [2.05, 4.69) is 0 Å². The second kappa shape index (κ2) is 16.5. The van der Waals surface area contributed by atoms with E-state index in [1.54, 1.807) is 0 Å². The quantitative estimate of drug-likeness (QED) is 0.503. The van der Waals surface area contributed by atoms with Crippen molar-refractivity contribution >= 4 is 18.9 Å². The van der Waals surface area contributed by atoms with E-state index < -0.39 is 19.1 Å². The first-order chi connectivity index (χ1) is 1.41. The molecule has 0 spiro atoms. The molecule has 0 aromatic heterocycles. The SMILES string of the molecule is [La].[LiH].[O]=[Ti]=[O]. The predicted octanol–water partition coefficient (Wildman–Crippen LogP) is -0.889. The van der Waals surface area contributed by atoms with E-state index in [1.165, 1.54) is 0 Å². The van der Waals surface area contributed by atoms with Gasteiger partial charge in [0.1, 0.15) is 0 Å². The zero-order valence-corrected chi connectivity index (χ0v) is 7.08. The fraction of sp³-hybridized carbons (Fsp3) is 0. The molecule has 0 saturated heterocycles. The zero-order chi connectivity index (χ0) is 2.71. The van der Waals surface area contributed by atoms with Crippen LogP contribution in [0.3, 0.4) is 0 Å². The summed E-state index contributed by atoms with van der Waals surface area (Å²) in [6, 6.07) is 0. The number of hydrogen-bond acceptors (Lipinski definition) is 2. The van der Waals surface area contributed by atoms with Crippen LogP contribution in [0.15, 0.2) is 0 Å². The first kappa shape index (κ1) is 15.7. The van der Waals surface area contributed by atoms with Gasteiger partial charge in [-0.15, -0.1) is 0 Å². The molecule has 0 aliphatic heterocycles. The third-order valence-electron chi connectivity index (χ3n) is 0. The topological polar surface area (TPSA) is 34.1 Å². The van der Waals surface area contributed by atoms with Gasteiger partial charge < -0.3 is 0 Å². The summed E-state index contributed by atoms with van der Waals surface area (Å²) in [6.07, 6.45) is 0. The molecule has 5 heteroatoms. The minimum atomic E-state index is -2.00. The third kappa shape index (κ3) is 23.2. The van der Waals surface area contributed by atoms with Crippen molar-refractivity contribution in [3.63, 3.8) is 0 Å². The van der Waals surface area contributed by atoms with Crippen molar-refractivity contribution in [1.29, 1.82) is 0 Å². The minimum absolute atomic E-state index is 0. The van der Waals surface area contributed by atoms with Crippen LogP contribution in [0.4, 0.5) is 0 Å². The normalized spacial score (nSPS) is 1.60. The van der Waals surface area contributed by atoms with Crippen LogP contribution in [-0.4, -0.2) is 18.9 Å². The molecule has 0 heterocycles. The third-order valence-corrected chi connectivity index (χ3v) is 0. The van der Waals surface area contributed by atoms with Gasteiger partial charge in [-0.3, -0.25) is 0 Å². The van der Waals surface area contributed by atoms with Crippen LogP contribution in [0.1, 0.15) is 0 Å². The van der Waals surface area contributed by atoms with Crippen molar-refractivity contribution in [2.75, 3.05) is 0 Å². The molecule has 0 saturated carbocycles. The maximum absolute atomic E-state index is 8.50. The molecule has 0 amide bonds. The van der Waals surface area contributed by atoms with E-state index in [0.717, 1.165) is 0 Å². The Morgan fingerprint density at radius 3 is 1.20 bits per heavy atom. The van der Waals surface area contributed by atoms with Crippen LogP contribution in [0.25, 0.3) is 0 Å². The van der Waals surface area contributed by atoms with Gasteiger partial charge in [0, 0.05) is 35.6 Å². The maximum atomic E-state index is 8.50. The molecule has 0 aromatic rings. The van der Waals surface area contributed by atoms with Crippen LogP contribution in [0.5, 0.6) is 0 Å². The molecule has 2 nitrogen and oxygen atoms in total. The molecule has 0 fully saturated rings. The van der Waals surface area contributed by atoms with Gasteiger partial charge in [0.15, 0.2) is 0 Å². The van der Waals surface area contributed by atoms with E-state index in [9.17, 15) is 0 Å². The Bertz CT molecular complexity index is 30.6. The zero-order valence-electron chi connectivity index (χ0n) is 1.89. The standard InChI is InChI=1S/La.Li.2O.Ti.H. The molecule has 1 radical (unpaired) electrons. The van der Waals surface area contributed by atoms with Crippen LogP contribution >= 0.6 is 0 Å². The summed E-state index contributed by atoms with van der Waals surface area (Å²) < 4.78 is 17.0. The van der Waals surface area contributed by atoms with Crippen LogP contribution in [0, 0.1) is 35.6 Å². The number of rotatable bonds is 0. The van der Waals surface area contributed by atoms with Gasteiger partial charge in [-0.25, -0.2) is 0 Å². The Hall–Kier alpha value is 2.11. The fourth-order valence-electron chi connectivity index (χ4n) is 0. The van der Waals surface area contributed by atoms with Gasteiger partial charge in [0.25, 0.3) is 0 Å². The van der Waals surface area contributed by atoms with E-state index in [0.29, 0.717) is 0 Å². The molecule has 0 unspecified atom stereocenters. The van der Waals surface area contributed by atoms with Gasteiger partial charge in [0.05, 0.1) is 0 Å². The average molecular weight is 227 g/mol. The second-order valence-corrected chi connectivity index (χ2v) is 0.344. The van der Waals surface area contributed by atoms with Crippen molar-refractivity contribution in [2.24, 2.45) is 0 Å². The Morgan fingerprint density at radius 2 is 1.20 bits per heavy atom. The van der Waals surface area contributed by atoms with Crippen molar-refractivity contribution in [1.82, 2.24) is 0 Å². The summed E-state index contributed by atoms with van der Waals surface area (Å²) in [5.41, 5.74) is 0. The van der Waals surface area contributed by atoms with Crippen molar-refractivity contribution < 1.29 is 61.3 Å². The molecule has 5 heavy (non-hydrogen) atoms. The van der Waals surface area contributed by atoms with Gasteiger partial charge in [-0.05, 0) is 0 Å². The van der Waals surface area contributed by atoms with Crippen molar-refractivity contribution in [3.8, 4) is 0 Å². The van der Waals surface area contributed by atoms with Crippen molar-refractivity contribution in [2.45, 2.75) is 0 Å². The Morgan fingerprint density at radius 1 is 1.20 bits per heavy atom. The monoisotopic (exact) mass is 227 g/mol. The Balaban J connectivity index is -0.0000000200. The van der Waals surface area contributed by atoms with E-state index >= 15 is 0 Å². The molecule has 0 N–H and O–H groups in total. The summed E-state index contributed by atoms with van der Waals surface area (Å²) in [5.74, 6) is 0. The Kier molecular flexibility index (Phi) is 51.9. The molecular weight excluding hydrogens is 226 g/mol. The first-order valence-electron chi connectivity index (χ1n) is 0.408. The molecule has 0 atom stereocenters. The van der Waals surface area contributed by atoms with Gasteiger partial charge in [-0.2, -0.15) is 0 Å². The molecule has 21 valence electrons. The fourth-order valence-corrected chi connectivity index (χ4v) is 0. The van der Waals surface area contributed by atoms with Gasteiger partial charge in [0.2, 0.25) is 0 Å². The van der Waals surface area contributed by atoms with Crippen LogP contribution < -0.4 is 0 Å². The summed E-state index contributed by atoms with van der Waals surface area (Å²) in [7, 11) is 0. The van der Waals surface area contributed by atoms with E-state index in [-0.39, 0.29) is 54.5 Å². The van der Waals surface area contributed by atoms with E-state index in [1.807, 2.05) is 0 Å². The molecular formula is HLaLiO2Ti. The second-order valence-electron chi connectivity index (χ2n) is 0.0833. The molecule has 0 rings (SSSR count). The van der Waals surface area contributed by atoms with Gasteiger partial charge >= 0.3 is 44.6 Å². The van der Waals surface area contributed by atoms with Crippen LogP contribution in [-0.2, 0) is 25.7 Å². The molecule has 0 aliphatic carbocycles. The summed E-state index contributed by atoms with van der Waals surface area (Å²) >= 11 is -2.00. The summed E-state index contributed by atoms with van der Waals surface area (Å²) in [4.78, 5) is 0. The first-order valence-corrected chi connectivity index (χ1v) is 1.68. The van der Waals surface area contributed by atoms with Gasteiger partial charge in [-0.1, -0.05) is 0 Å². The average Bonchev–Trinajstić information content (AvgIpc) is 0.918. The predicted molar refractivity (Wildman–Crippen MR) is 8.52 cm³/mol. The molecule has 0 aromatic carbocycles. The van der Waals surface area contributed by atoms with Crippen molar-refractivity contribution in [3.05, 3.63) is 0 Å². The van der Waals surface area contributed by atoms with Crippen LogP contribution in [0.2, 0.25) is 0 Å².